The van der Waals surface area contributed by atoms with E-state index in [0.29, 0.717) is 54.5 Å². The minimum Gasteiger partial charge on any atom is -0.310 e. The lowest BCUT2D eigenvalue weighted by Crippen LogP contribution is -2.12. The molecule has 2 heterocycles. The van der Waals surface area contributed by atoms with E-state index in [2.05, 4.69) is 82.6 Å². The molecule has 2 aliphatic rings. The first-order valence-corrected chi connectivity index (χ1v) is 27.5. The first-order valence-electron chi connectivity index (χ1n) is 24.5. The summed E-state index contributed by atoms with van der Waals surface area (Å²) in [5, 5.41) is 6.02. The van der Waals surface area contributed by atoms with E-state index in [-0.39, 0.29) is 9.79 Å². The third-order valence-electron chi connectivity index (χ3n) is 14.7. The van der Waals surface area contributed by atoms with Gasteiger partial charge in [-0.05, 0) is 93.3 Å². The van der Waals surface area contributed by atoms with E-state index in [9.17, 15) is 16.8 Å². The molecular formula is C66H42N2O4S2. The van der Waals surface area contributed by atoms with Gasteiger partial charge in [-0.15, -0.1) is 0 Å². The summed E-state index contributed by atoms with van der Waals surface area (Å²) in [7, 11) is -7.89. The summed E-state index contributed by atoms with van der Waals surface area (Å²) >= 11 is 0. The zero-order valence-corrected chi connectivity index (χ0v) is 41.2. The summed E-state index contributed by atoms with van der Waals surface area (Å²) in [5.74, 6) is 0. The van der Waals surface area contributed by atoms with Crippen molar-refractivity contribution >= 4 is 86.1 Å². The highest BCUT2D eigenvalue weighted by atomic mass is 32.2. The normalized spacial score (nSPS) is 13.6. The van der Waals surface area contributed by atoms with Gasteiger partial charge in [0.05, 0.1) is 31.0 Å². The maximum atomic E-state index is 14.9. The standard InChI is InChI=1S/C66H42N2O4S2/c69-73(70)62-41-48(35-37-54(62)58-33-17-31-50(65(58)73)43-19-5-1-6-20-43)67(46-23-9-3-10-24-46)60-39-45-40-61(53-28-14-16-30-57(53)64(45)56-29-15-13-27-52(56)60)68(47-25-11-4-12-26-47)49-36-38-55-59-34-18-32-51(44-21-7-2-8-22-44)66(59)74(71,72)63(55)42-49/h1-42H. The van der Waals surface area contributed by atoms with Gasteiger partial charge in [0.15, 0.2) is 0 Å². The Kier molecular flexibility index (Phi) is 9.89. The molecule has 8 heteroatoms. The number of rotatable bonds is 8. The molecule has 0 N–H and O–H groups in total. The quantitative estimate of drug-likeness (QED) is 0.141. The SMILES string of the molecule is O=S1(=O)c2cc(N(c3ccccc3)c3cc4cc(N(c5ccccc5)c5ccc6c(c5)S(=O)(=O)c5c(-c7ccccc7)cccc5-6)c5ccccc5c4c4ccccc34)ccc2-c2cccc(-c3ccccc3)c21. The van der Waals surface area contributed by atoms with Gasteiger partial charge in [0, 0.05) is 66.9 Å². The fourth-order valence-corrected chi connectivity index (χ4v) is 15.3. The third-order valence-corrected chi connectivity index (χ3v) is 18.5. The molecule has 0 radical (unpaired) electrons. The largest absolute Gasteiger partial charge is 0.310 e. The molecule has 12 aromatic carbocycles. The van der Waals surface area contributed by atoms with Crippen LogP contribution in [-0.2, 0) is 19.7 Å². The van der Waals surface area contributed by atoms with Crippen LogP contribution < -0.4 is 9.80 Å². The summed E-state index contributed by atoms with van der Waals surface area (Å²) in [6.45, 7) is 0. The molecule has 0 unspecified atom stereocenters. The van der Waals surface area contributed by atoms with Crippen LogP contribution in [0.5, 0.6) is 0 Å². The Morgan fingerprint density at radius 2 is 0.622 bits per heavy atom. The molecule has 0 saturated heterocycles. The van der Waals surface area contributed by atoms with Crippen LogP contribution in [0.3, 0.4) is 0 Å². The van der Waals surface area contributed by atoms with Crippen LogP contribution in [0.15, 0.2) is 274 Å². The number of hydrogen-bond donors (Lipinski definition) is 0. The van der Waals surface area contributed by atoms with Gasteiger partial charge >= 0.3 is 0 Å². The fourth-order valence-electron chi connectivity index (χ4n) is 11.5. The molecule has 0 aromatic heterocycles. The first kappa shape index (κ1) is 43.7. The number of benzene rings is 12. The molecule has 0 spiro atoms. The monoisotopic (exact) mass is 990 g/mol. The molecule has 74 heavy (non-hydrogen) atoms. The number of hydrogen-bond acceptors (Lipinski definition) is 6. The maximum Gasteiger partial charge on any atom is 0.208 e. The van der Waals surface area contributed by atoms with Crippen molar-refractivity contribution < 1.29 is 16.8 Å². The van der Waals surface area contributed by atoms with Crippen LogP contribution in [-0.4, -0.2) is 16.8 Å². The number of nitrogens with zero attached hydrogens (tertiary/aromatic N) is 2. The van der Waals surface area contributed by atoms with Crippen molar-refractivity contribution in [2.24, 2.45) is 0 Å². The van der Waals surface area contributed by atoms with E-state index in [1.54, 1.807) is 0 Å². The fraction of sp³-hybridized carbons (Fsp3) is 0. The first-order chi connectivity index (χ1) is 36.3. The zero-order chi connectivity index (χ0) is 49.7. The number of para-hydroxylation sites is 2. The molecule has 352 valence electrons. The van der Waals surface area contributed by atoms with Crippen molar-refractivity contribution in [2.75, 3.05) is 9.80 Å². The average Bonchev–Trinajstić information content (AvgIpc) is 3.83. The van der Waals surface area contributed by atoms with E-state index in [4.69, 9.17) is 0 Å². The molecule has 0 atom stereocenters. The topological polar surface area (TPSA) is 74.8 Å². The average molecular weight is 991 g/mol. The molecule has 0 bridgehead atoms. The van der Waals surface area contributed by atoms with Crippen molar-refractivity contribution in [1.29, 1.82) is 0 Å². The highest BCUT2D eigenvalue weighted by molar-refractivity contribution is 7.92. The van der Waals surface area contributed by atoms with Crippen molar-refractivity contribution in [3.05, 3.63) is 255 Å². The number of fused-ring (bicyclic) bond motifs is 11. The summed E-state index contributed by atoms with van der Waals surface area (Å²) in [6.07, 6.45) is 0. The molecular weight excluding hydrogens is 949 g/mol. The molecule has 0 fully saturated rings. The summed E-state index contributed by atoms with van der Waals surface area (Å²) in [5.41, 5.74) is 10.6. The van der Waals surface area contributed by atoms with Gasteiger partial charge in [-0.3, -0.25) is 0 Å². The van der Waals surface area contributed by atoms with Crippen molar-refractivity contribution in [2.45, 2.75) is 19.6 Å². The second-order valence-electron chi connectivity index (χ2n) is 18.8. The third kappa shape index (κ3) is 6.62. The predicted octanol–water partition coefficient (Wildman–Crippen LogP) is 17.0. The Hall–Kier alpha value is -9.08. The van der Waals surface area contributed by atoms with E-state index < -0.39 is 19.7 Å². The Morgan fingerprint density at radius 3 is 1.03 bits per heavy atom. The van der Waals surface area contributed by atoms with Gasteiger partial charge in [-0.1, -0.05) is 194 Å². The Morgan fingerprint density at radius 1 is 0.270 bits per heavy atom. The molecule has 2 aliphatic heterocycles. The van der Waals surface area contributed by atoms with Gasteiger partial charge < -0.3 is 9.80 Å². The van der Waals surface area contributed by atoms with E-state index in [1.165, 1.54) is 0 Å². The molecule has 14 rings (SSSR count). The second-order valence-corrected chi connectivity index (χ2v) is 22.5. The summed E-state index contributed by atoms with van der Waals surface area (Å²) < 4.78 is 59.7. The lowest BCUT2D eigenvalue weighted by Gasteiger charge is -2.30. The minimum absolute atomic E-state index is 0.266. The van der Waals surface area contributed by atoms with Crippen molar-refractivity contribution in [3.8, 4) is 44.5 Å². The lowest BCUT2D eigenvalue weighted by atomic mass is 9.93. The molecule has 6 nitrogen and oxygen atoms in total. The van der Waals surface area contributed by atoms with Crippen LogP contribution in [0.1, 0.15) is 0 Å². The predicted molar refractivity (Wildman–Crippen MR) is 301 cm³/mol. The zero-order valence-electron chi connectivity index (χ0n) is 39.6. The van der Waals surface area contributed by atoms with E-state index in [0.717, 1.165) is 66.2 Å². The van der Waals surface area contributed by atoms with Crippen molar-refractivity contribution in [3.63, 3.8) is 0 Å². The Labute approximate surface area is 429 Å². The van der Waals surface area contributed by atoms with Crippen LogP contribution in [0.4, 0.5) is 34.1 Å². The van der Waals surface area contributed by atoms with Crippen LogP contribution in [0, 0.1) is 0 Å². The van der Waals surface area contributed by atoms with Crippen LogP contribution >= 0.6 is 0 Å². The van der Waals surface area contributed by atoms with Gasteiger partial charge in [-0.25, -0.2) is 16.8 Å². The highest BCUT2D eigenvalue weighted by Crippen LogP contribution is 2.53. The molecule has 0 aliphatic carbocycles. The lowest BCUT2D eigenvalue weighted by molar-refractivity contribution is 0.597. The van der Waals surface area contributed by atoms with Gasteiger partial charge in [0.2, 0.25) is 19.7 Å². The second kappa shape index (κ2) is 16.7. The smallest absolute Gasteiger partial charge is 0.208 e. The maximum absolute atomic E-state index is 14.9. The molecule has 12 aromatic rings. The van der Waals surface area contributed by atoms with Crippen molar-refractivity contribution in [1.82, 2.24) is 0 Å². The Balaban J connectivity index is 0.982. The minimum atomic E-state index is -3.95. The van der Waals surface area contributed by atoms with E-state index >= 15 is 0 Å². The van der Waals surface area contributed by atoms with Crippen LogP contribution in [0.25, 0.3) is 76.8 Å². The molecule has 0 amide bonds. The number of sulfone groups is 2. The van der Waals surface area contributed by atoms with E-state index in [1.807, 2.05) is 182 Å². The summed E-state index contributed by atoms with van der Waals surface area (Å²) in [6, 6.07) is 83.8. The highest BCUT2D eigenvalue weighted by Gasteiger charge is 2.38. The van der Waals surface area contributed by atoms with Gasteiger partial charge in [0.25, 0.3) is 0 Å². The van der Waals surface area contributed by atoms with Crippen LogP contribution in [0.2, 0.25) is 0 Å². The summed E-state index contributed by atoms with van der Waals surface area (Å²) in [4.78, 5) is 5.50. The Bertz CT molecular complexity index is 4220. The van der Waals surface area contributed by atoms with Gasteiger partial charge in [-0.2, -0.15) is 0 Å². The van der Waals surface area contributed by atoms with Gasteiger partial charge in [0.1, 0.15) is 0 Å². The molecule has 0 saturated carbocycles. The number of anilines is 6.